The molecule has 1 nitrogen and oxygen atoms in total. The van der Waals surface area contributed by atoms with E-state index in [0.717, 1.165) is 12.5 Å². The molecule has 1 aromatic rings. The number of nitrogens with one attached hydrogen (secondary N) is 1. The van der Waals surface area contributed by atoms with Crippen molar-refractivity contribution in [2.75, 3.05) is 6.54 Å². The van der Waals surface area contributed by atoms with Crippen molar-refractivity contribution in [3.63, 3.8) is 0 Å². The predicted molar refractivity (Wildman–Crippen MR) is 79.8 cm³/mol. The largest absolute Gasteiger partial charge is 0.314 e. The van der Waals surface area contributed by atoms with Crippen LogP contribution in [0.2, 0.25) is 0 Å². The van der Waals surface area contributed by atoms with Crippen molar-refractivity contribution in [3.8, 4) is 0 Å². The molecule has 0 bridgehead atoms. The van der Waals surface area contributed by atoms with E-state index in [-0.39, 0.29) is 0 Å². The van der Waals surface area contributed by atoms with Gasteiger partial charge in [0.05, 0.1) is 3.79 Å². The first kappa shape index (κ1) is 13.6. The van der Waals surface area contributed by atoms with Gasteiger partial charge in [-0.1, -0.05) is 26.2 Å². The highest BCUT2D eigenvalue weighted by Gasteiger charge is 2.22. The van der Waals surface area contributed by atoms with Gasteiger partial charge >= 0.3 is 0 Å². The Balaban J connectivity index is 1.84. The lowest BCUT2D eigenvalue weighted by atomic mass is 9.80. The molecule has 0 saturated heterocycles. The SMILES string of the molecule is CCCNC(Cc1ccc(Br)s1)CC1CCC1. The van der Waals surface area contributed by atoms with E-state index in [1.807, 2.05) is 11.3 Å². The zero-order valence-electron chi connectivity index (χ0n) is 10.5. The summed E-state index contributed by atoms with van der Waals surface area (Å²) in [5.41, 5.74) is 0. The van der Waals surface area contributed by atoms with Gasteiger partial charge in [0.15, 0.2) is 0 Å². The Morgan fingerprint density at radius 2 is 2.29 bits per heavy atom. The van der Waals surface area contributed by atoms with Crippen LogP contribution < -0.4 is 5.32 Å². The normalized spacial score (nSPS) is 18.0. The van der Waals surface area contributed by atoms with Crippen molar-refractivity contribution < 1.29 is 0 Å². The molecule has 1 unspecified atom stereocenters. The predicted octanol–water partition coefficient (Wildman–Crippen LogP) is 4.61. The van der Waals surface area contributed by atoms with E-state index in [1.54, 1.807) is 0 Å². The summed E-state index contributed by atoms with van der Waals surface area (Å²) >= 11 is 5.43. The van der Waals surface area contributed by atoms with Gasteiger partial charge in [0.25, 0.3) is 0 Å². The van der Waals surface area contributed by atoms with Gasteiger partial charge in [-0.25, -0.2) is 0 Å². The van der Waals surface area contributed by atoms with Gasteiger partial charge in [0, 0.05) is 10.9 Å². The van der Waals surface area contributed by atoms with Gasteiger partial charge in [-0.2, -0.15) is 0 Å². The fraction of sp³-hybridized carbons (Fsp3) is 0.714. The Labute approximate surface area is 117 Å². The Hall–Kier alpha value is 0.140. The van der Waals surface area contributed by atoms with Gasteiger partial charge in [-0.15, -0.1) is 11.3 Å². The minimum atomic E-state index is 0.686. The summed E-state index contributed by atoms with van der Waals surface area (Å²) in [4.78, 5) is 1.50. The molecule has 0 aliphatic heterocycles. The third-order valence-corrected chi connectivity index (χ3v) is 5.25. The van der Waals surface area contributed by atoms with E-state index in [0.29, 0.717) is 6.04 Å². The Kier molecular flexibility index (Phi) is 5.51. The molecule has 0 spiro atoms. The highest BCUT2D eigenvalue weighted by atomic mass is 79.9. The third-order valence-electron chi connectivity index (χ3n) is 3.60. The van der Waals surface area contributed by atoms with E-state index >= 15 is 0 Å². The smallest absolute Gasteiger partial charge is 0.0701 e. The maximum atomic E-state index is 3.72. The van der Waals surface area contributed by atoms with Crippen molar-refractivity contribution in [2.24, 2.45) is 5.92 Å². The average molecular weight is 316 g/mol. The lowest BCUT2D eigenvalue weighted by molar-refractivity contribution is 0.259. The number of hydrogen-bond donors (Lipinski definition) is 1. The molecule has 0 radical (unpaired) electrons. The molecule has 2 rings (SSSR count). The zero-order chi connectivity index (χ0) is 12.1. The molecule has 1 saturated carbocycles. The maximum absolute atomic E-state index is 3.72. The molecule has 1 atom stereocenters. The highest BCUT2D eigenvalue weighted by Crippen LogP contribution is 2.32. The van der Waals surface area contributed by atoms with Crippen molar-refractivity contribution in [1.29, 1.82) is 0 Å². The molecule has 0 aromatic carbocycles. The lowest BCUT2D eigenvalue weighted by Crippen LogP contribution is -2.34. The molecular formula is C14H22BrNS. The molecule has 17 heavy (non-hydrogen) atoms. The molecule has 1 aromatic heterocycles. The van der Waals surface area contributed by atoms with Crippen LogP contribution in [0.5, 0.6) is 0 Å². The summed E-state index contributed by atoms with van der Waals surface area (Å²) in [5.74, 6) is 0.993. The second-order valence-electron chi connectivity index (χ2n) is 5.09. The van der Waals surface area contributed by atoms with E-state index in [1.165, 1.54) is 47.2 Å². The van der Waals surface area contributed by atoms with Crippen LogP contribution in [-0.2, 0) is 6.42 Å². The van der Waals surface area contributed by atoms with Crippen LogP contribution in [0.1, 0.15) is 43.9 Å². The molecule has 0 amide bonds. The van der Waals surface area contributed by atoms with Crippen LogP contribution in [0.15, 0.2) is 15.9 Å². The van der Waals surface area contributed by atoms with Gasteiger partial charge in [-0.05, 0) is 59.8 Å². The number of hydrogen-bond acceptors (Lipinski definition) is 2. The first-order valence-corrected chi connectivity index (χ1v) is 8.36. The highest BCUT2D eigenvalue weighted by molar-refractivity contribution is 9.11. The molecule has 1 aliphatic rings. The minimum Gasteiger partial charge on any atom is -0.314 e. The van der Waals surface area contributed by atoms with E-state index < -0.39 is 0 Å². The first-order valence-electron chi connectivity index (χ1n) is 6.75. The minimum absolute atomic E-state index is 0.686. The van der Waals surface area contributed by atoms with Crippen LogP contribution in [0.25, 0.3) is 0 Å². The van der Waals surface area contributed by atoms with Crippen LogP contribution in [0.3, 0.4) is 0 Å². The molecule has 1 heterocycles. The summed E-state index contributed by atoms with van der Waals surface area (Å²) in [7, 11) is 0. The topological polar surface area (TPSA) is 12.0 Å². The Morgan fingerprint density at radius 1 is 1.47 bits per heavy atom. The fourth-order valence-electron chi connectivity index (χ4n) is 2.42. The molecule has 1 N–H and O–H groups in total. The van der Waals surface area contributed by atoms with Crippen molar-refractivity contribution in [2.45, 2.75) is 51.5 Å². The van der Waals surface area contributed by atoms with Gasteiger partial charge in [-0.3, -0.25) is 0 Å². The summed E-state index contributed by atoms with van der Waals surface area (Å²) in [6.45, 7) is 3.40. The second-order valence-corrected chi connectivity index (χ2v) is 7.64. The number of halogens is 1. The van der Waals surface area contributed by atoms with Crippen LogP contribution in [-0.4, -0.2) is 12.6 Å². The number of rotatable bonds is 7. The van der Waals surface area contributed by atoms with Crippen molar-refractivity contribution in [3.05, 3.63) is 20.8 Å². The Bertz CT molecular complexity index is 333. The van der Waals surface area contributed by atoms with Crippen molar-refractivity contribution in [1.82, 2.24) is 5.32 Å². The Morgan fingerprint density at radius 3 is 2.82 bits per heavy atom. The van der Waals surface area contributed by atoms with Gasteiger partial charge in [0.2, 0.25) is 0 Å². The fourth-order valence-corrected chi connectivity index (χ4v) is 3.99. The maximum Gasteiger partial charge on any atom is 0.0701 e. The van der Waals surface area contributed by atoms with Crippen LogP contribution >= 0.6 is 27.3 Å². The third kappa shape index (κ3) is 4.38. The van der Waals surface area contributed by atoms with Crippen LogP contribution in [0.4, 0.5) is 0 Å². The monoisotopic (exact) mass is 315 g/mol. The van der Waals surface area contributed by atoms with Crippen LogP contribution in [0, 0.1) is 5.92 Å². The number of thiophene rings is 1. The molecule has 96 valence electrons. The standard InChI is InChI=1S/C14H22BrNS/c1-2-8-16-12(9-11-4-3-5-11)10-13-6-7-14(15)17-13/h6-7,11-12,16H,2-5,8-10H2,1H3. The summed E-state index contributed by atoms with van der Waals surface area (Å²) < 4.78 is 1.25. The zero-order valence-corrected chi connectivity index (χ0v) is 12.9. The summed E-state index contributed by atoms with van der Waals surface area (Å²) in [5, 5.41) is 3.72. The average Bonchev–Trinajstić information content (AvgIpc) is 2.65. The second kappa shape index (κ2) is 6.91. The quantitative estimate of drug-likeness (QED) is 0.774. The molecule has 3 heteroatoms. The summed E-state index contributed by atoms with van der Waals surface area (Å²) in [6.07, 6.45) is 8.17. The van der Waals surface area contributed by atoms with E-state index in [9.17, 15) is 0 Å². The van der Waals surface area contributed by atoms with Crippen molar-refractivity contribution >= 4 is 27.3 Å². The molecular weight excluding hydrogens is 294 g/mol. The molecule has 1 aliphatic carbocycles. The molecule has 1 fully saturated rings. The van der Waals surface area contributed by atoms with E-state index in [2.05, 4.69) is 40.3 Å². The van der Waals surface area contributed by atoms with Gasteiger partial charge < -0.3 is 5.32 Å². The van der Waals surface area contributed by atoms with Gasteiger partial charge in [0.1, 0.15) is 0 Å². The first-order chi connectivity index (χ1) is 8.28. The van der Waals surface area contributed by atoms with E-state index in [4.69, 9.17) is 0 Å². The summed E-state index contributed by atoms with van der Waals surface area (Å²) in [6, 6.07) is 5.11. The lowest BCUT2D eigenvalue weighted by Gasteiger charge is -2.30.